The number of nitrogens with zero attached hydrogens (tertiary/aromatic N) is 3. The zero-order valence-electron chi connectivity index (χ0n) is 30.0. The average molecular weight is 728 g/mol. The lowest BCUT2D eigenvalue weighted by Gasteiger charge is -2.31. The topological polar surface area (TPSA) is 90.4 Å². The molecule has 4 atom stereocenters. The number of carbonyl (C=O) groups is 3. The Kier molecular flexibility index (Phi) is 8.79. The highest BCUT2D eigenvalue weighted by Gasteiger charge is 2.67. The number of amides is 3. The standard InChI is InChI=1S/C43H42FN3O5Si/c1-28-40(53(2,3)44)37(25-38(49)45(22-23-48)26-29-12-6-4-7-13-29)52-43(28)34-24-32(20-21-35(34)46(42(43)51)27-30-14-8-5-9-15-30)47-36-19-11-17-31-16-10-18-33(39(31)36)41(47)50/h4-21,24,28,37,40,48H,22-23,25-27H2,1-3H3/t28-,37+,40-,43+/m0/s1. The molecule has 0 unspecified atom stereocenters. The summed E-state index contributed by atoms with van der Waals surface area (Å²) in [4.78, 5) is 48.1. The molecule has 3 amide bonds. The van der Waals surface area contributed by atoms with Crippen molar-refractivity contribution in [2.75, 3.05) is 23.0 Å². The highest BCUT2D eigenvalue weighted by atomic mass is 28.4. The number of carbonyl (C=O) groups excluding carboxylic acids is 3. The van der Waals surface area contributed by atoms with Gasteiger partial charge in [0, 0.05) is 41.2 Å². The molecule has 0 saturated carbocycles. The van der Waals surface area contributed by atoms with Crippen LogP contribution in [0.25, 0.3) is 10.8 Å². The number of ether oxygens (including phenoxy) is 1. The zero-order valence-corrected chi connectivity index (χ0v) is 31.0. The zero-order chi connectivity index (χ0) is 37.1. The van der Waals surface area contributed by atoms with E-state index in [-0.39, 0.29) is 50.4 Å². The van der Waals surface area contributed by atoms with Crippen molar-refractivity contribution in [2.24, 2.45) is 5.92 Å². The molecule has 5 aromatic rings. The smallest absolute Gasteiger partial charge is 0.264 e. The predicted octanol–water partition coefficient (Wildman–Crippen LogP) is 7.86. The summed E-state index contributed by atoms with van der Waals surface area (Å²) in [6.07, 6.45) is -1.04. The molecule has 270 valence electrons. The van der Waals surface area contributed by atoms with Crippen LogP contribution in [0, 0.1) is 5.92 Å². The molecule has 10 heteroatoms. The van der Waals surface area contributed by atoms with Gasteiger partial charge in [-0.3, -0.25) is 19.3 Å². The van der Waals surface area contributed by atoms with E-state index < -0.39 is 31.6 Å². The second-order valence-electron chi connectivity index (χ2n) is 14.9. The van der Waals surface area contributed by atoms with Crippen LogP contribution in [0.2, 0.25) is 18.6 Å². The molecule has 5 aromatic carbocycles. The van der Waals surface area contributed by atoms with Gasteiger partial charge in [0.15, 0.2) is 5.60 Å². The van der Waals surface area contributed by atoms with Crippen LogP contribution in [0.4, 0.5) is 21.2 Å². The van der Waals surface area contributed by atoms with Crippen LogP contribution in [0.15, 0.2) is 115 Å². The van der Waals surface area contributed by atoms with Crippen LogP contribution in [0.1, 0.15) is 40.4 Å². The monoisotopic (exact) mass is 727 g/mol. The molecule has 1 N–H and O–H groups in total. The summed E-state index contributed by atoms with van der Waals surface area (Å²) in [6, 6.07) is 36.3. The van der Waals surface area contributed by atoms with Gasteiger partial charge in [0.05, 0.1) is 42.6 Å². The Morgan fingerprint density at radius 3 is 2.25 bits per heavy atom. The first-order chi connectivity index (χ1) is 25.5. The molecule has 0 bridgehead atoms. The largest absolute Gasteiger partial charge is 0.395 e. The Balaban J connectivity index is 1.22. The van der Waals surface area contributed by atoms with Crippen LogP contribution < -0.4 is 9.80 Å². The van der Waals surface area contributed by atoms with Gasteiger partial charge < -0.3 is 23.8 Å². The Hall–Kier alpha value is -5.16. The lowest BCUT2D eigenvalue weighted by atomic mass is 9.82. The number of benzene rings is 5. The van der Waals surface area contributed by atoms with Gasteiger partial charge >= 0.3 is 0 Å². The van der Waals surface area contributed by atoms with E-state index in [0.717, 1.165) is 27.6 Å². The predicted molar refractivity (Wildman–Crippen MR) is 206 cm³/mol. The van der Waals surface area contributed by atoms with E-state index in [4.69, 9.17) is 4.74 Å². The molecule has 53 heavy (non-hydrogen) atoms. The quantitative estimate of drug-likeness (QED) is 0.117. The van der Waals surface area contributed by atoms with Crippen molar-refractivity contribution >= 4 is 54.0 Å². The van der Waals surface area contributed by atoms with Crippen LogP contribution >= 0.6 is 0 Å². The number of rotatable bonds is 10. The first-order valence-corrected chi connectivity index (χ1v) is 21.1. The fourth-order valence-electron chi connectivity index (χ4n) is 8.99. The number of aliphatic hydroxyl groups excluding tert-OH is 1. The van der Waals surface area contributed by atoms with E-state index in [1.54, 1.807) is 27.8 Å². The summed E-state index contributed by atoms with van der Waals surface area (Å²) in [5, 5.41) is 11.7. The Labute approximate surface area is 309 Å². The molecule has 1 saturated heterocycles. The molecule has 0 aromatic heterocycles. The third kappa shape index (κ3) is 5.76. The van der Waals surface area contributed by atoms with Gasteiger partial charge in [-0.05, 0) is 59.9 Å². The van der Waals surface area contributed by atoms with Crippen LogP contribution in [0.5, 0.6) is 0 Å². The SMILES string of the molecule is C[C@H]1[C@H]([Si](C)(C)F)[C@@H](CC(=O)N(CCO)Cc2ccccc2)O[C@]12C(=O)N(Cc1ccccc1)c1ccc(N3C(=O)c4cccc5cccc3c45)cc12. The third-order valence-corrected chi connectivity index (χ3v) is 13.7. The normalized spacial score (nSPS) is 21.9. The average Bonchev–Trinajstić information content (AvgIpc) is 3.70. The first-order valence-electron chi connectivity index (χ1n) is 18.2. The molecule has 3 heterocycles. The first kappa shape index (κ1) is 34.9. The van der Waals surface area contributed by atoms with Crippen molar-refractivity contribution in [1.29, 1.82) is 0 Å². The fourth-order valence-corrected chi connectivity index (χ4v) is 11.5. The van der Waals surface area contributed by atoms with E-state index in [9.17, 15) is 14.7 Å². The van der Waals surface area contributed by atoms with Crippen molar-refractivity contribution in [3.05, 3.63) is 138 Å². The summed E-state index contributed by atoms with van der Waals surface area (Å²) in [5.74, 6) is -1.40. The number of halogens is 1. The van der Waals surface area contributed by atoms with Crippen molar-refractivity contribution in [3.63, 3.8) is 0 Å². The summed E-state index contributed by atoms with van der Waals surface area (Å²) in [5.41, 5.74) is 2.64. The maximum absolute atomic E-state index is 16.7. The van der Waals surface area contributed by atoms with Crippen LogP contribution in [0.3, 0.4) is 0 Å². The Bertz CT molecular complexity index is 2220. The minimum atomic E-state index is -3.59. The van der Waals surface area contributed by atoms with E-state index >= 15 is 8.90 Å². The number of anilines is 3. The number of fused-ring (bicyclic) bond motifs is 2. The second kappa shape index (κ2) is 13.4. The van der Waals surface area contributed by atoms with Crippen molar-refractivity contribution in [2.45, 2.75) is 56.8 Å². The molecule has 8 nitrogen and oxygen atoms in total. The molecule has 1 fully saturated rings. The van der Waals surface area contributed by atoms with Crippen LogP contribution in [-0.4, -0.2) is 55.4 Å². The minimum Gasteiger partial charge on any atom is -0.395 e. The third-order valence-electron chi connectivity index (χ3n) is 11.3. The van der Waals surface area contributed by atoms with Crippen LogP contribution in [-0.2, 0) is 33.0 Å². The molecular weight excluding hydrogens is 686 g/mol. The van der Waals surface area contributed by atoms with Gasteiger partial charge in [0.2, 0.25) is 14.3 Å². The maximum atomic E-state index is 16.7. The number of hydrogen-bond acceptors (Lipinski definition) is 5. The molecule has 8 rings (SSSR count). The molecular formula is C43H42FN3O5Si. The van der Waals surface area contributed by atoms with Gasteiger partial charge in [-0.15, -0.1) is 0 Å². The summed E-state index contributed by atoms with van der Waals surface area (Å²) in [7, 11) is -3.59. The van der Waals surface area contributed by atoms with Gasteiger partial charge in [-0.25, -0.2) is 0 Å². The second-order valence-corrected chi connectivity index (χ2v) is 18.7. The molecule has 3 aliphatic rings. The van der Waals surface area contributed by atoms with Gasteiger partial charge in [0.1, 0.15) is 0 Å². The maximum Gasteiger partial charge on any atom is 0.264 e. The van der Waals surface area contributed by atoms with E-state index in [1.165, 1.54) is 0 Å². The molecule has 3 aliphatic heterocycles. The molecule has 0 aliphatic carbocycles. The Morgan fingerprint density at radius 2 is 1.57 bits per heavy atom. The highest BCUT2D eigenvalue weighted by Crippen LogP contribution is 2.61. The van der Waals surface area contributed by atoms with Crippen molar-refractivity contribution < 1.29 is 28.3 Å². The number of aliphatic hydroxyl groups is 1. The Morgan fingerprint density at radius 1 is 0.887 bits per heavy atom. The van der Waals surface area contributed by atoms with E-state index in [0.29, 0.717) is 22.5 Å². The van der Waals surface area contributed by atoms with E-state index in [1.807, 2.05) is 122 Å². The summed E-state index contributed by atoms with van der Waals surface area (Å²) < 4.78 is 23.7. The lowest BCUT2D eigenvalue weighted by Crippen LogP contribution is -2.45. The molecule has 1 spiro atoms. The summed E-state index contributed by atoms with van der Waals surface area (Å²) >= 11 is 0. The minimum absolute atomic E-state index is 0.108. The summed E-state index contributed by atoms with van der Waals surface area (Å²) in [6.45, 7) is 5.53. The fraction of sp³-hybridized carbons (Fsp3) is 0.279. The van der Waals surface area contributed by atoms with Gasteiger partial charge in [-0.2, -0.15) is 0 Å². The molecule has 0 radical (unpaired) electrons. The van der Waals surface area contributed by atoms with Gasteiger partial charge in [-0.1, -0.05) is 91.9 Å². The highest BCUT2D eigenvalue weighted by molar-refractivity contribution is 6.72. The van der Waals surface area contributed by atoms with Crippen molar-refractivity contribution in [1.82, 2.24) is 4.90 Å². The lowest BCUT2D eigenvalue weighted by molar-refractivity contribution is -0.150. The number of hydrogen-bond donors (Lipinski definition) is 1. The van der Waals surface area contributed by atoms with E-state index in [2.05, 4.69) is 0 Å². The van der Waals surface area contributed by atoms with Crippen molar-refractivity contribution in [3.8, 4) is 0 Å². The van der Waals surface area contributed by atoms with Gasteiger partial charge in [0.25, 0.3) is 11.8 Å².